The van der Waals surface area contributed by atoms with E-state index in [4.69, 9.17) is 5.26 Å². The van der Waals surface area contributed by atoms with Crippen LogP contribution in [0.5, 0.6) is 5.88 Å². The molecular formula is C22H15F3IN5O3. The van der Waals surface area contributed by atoms with Gasteiger partial charge >= 0.3 is 17.9 Å². The molecule has 0 aliphatic carbocycles. The monoisotopic (exact) mass is 581 g/mol. The average Bonchev–Trinajstić information content (AvgIpc) is 3.45. The number of benzene rings is 2. The number of carbonyl (C=O) groups is 1. The number of halogens is 4. The first-order valence-electron chi connectivity index (χ1n) is 10.1. The Morgan fingerprint density at radius 2 is 1.91 bits per heavy atom. The Kier molecular flexibility index (Phi) is 5.12. The van der Waals surface area contributed by atoms with E-state index < -0.39 is 29.5 Å². The van der Waals surface area contributed by atoms with Crippen molar-refractivity contribution in [2.24, 2.45) is 0 Å². The normalized spacial score (nSPS) is 18.6. The number of imidazole rings is 1. The van der Waals surface area contributed by atoms with Crippen molar-refractivity contribution in [1.29, 1.82) is 5.26 Å². The van der Waals surface area contributed by atoms with Crippen LogP contribution in [0, 0.1) is 14.9 Å². The van der Waals surface area contributed by atoms with Gasteiger partial charge in [-0.25, -0.2) is 14.2 Å². The first-order chi connectivity index (χ1) is 16.1. The van der Waals surface area contributed by atoms with Gasteiger partial charge in [0.05, 0.1) is 28.9 Å². The molecule has 2 aromatic carbocycles. The maximum Gasteiger partial charge on any atom is 0.416 e. The van der Waals surface area contributed by atoms with Crippen molar-refractivity contribution in [1.82, 2.24) is 14.0 Å². The molecule has 2 aliphatic heterocycles. The smallest absolute Gasteiger partial charge is 0.416 e. The number of nitrogens with one attached hydrogen (secondary N) is 1. The van der Waals surface area contributed by atoms with Gasteiger partial charge in [-0.2, -0.15) is 18.4 Å². The maximum absolute atomic E-state index is 13.1. The summed E-state index contributed by atoms with van der Waals surface area (Å²) < 4.78 is 41.5. The summed E-state index contributed by atoms with van der Waals surface area (Å²) in [5.74, 6) is -0.287. The zero-order valence-electron chi connectivity index (χ0n) is 17.2. The number of fused-ring (bicyclic) bond motifs is 5. The van der Waals surface area contributed by atoms with Crippen LogP contribution in [-0.2, 0) is 6.18 Å². The second-order valence-corrected chi connectivity index (χ2v) is 9.20. The van der Waals surface area contributed by atoms with Gasteiger partial charge in [0.25, 0.3) is 0 Å². The number of hydrogen-bond acceptors (Lipinski definition) is 4. The second-order valence-electron chi connectivity index (χ2n) is 8.04. The number of anilines is 1. The number of carbonyl (C=O) groups excluding carboxylic acids is 1. The summed E-state index contributed by atoms with van der Waals surface area (Å²) in [4.78, 5) is 27.4. The minimum Gasteiger partial charge on any atom is -0.493 e. The van der Waals surface area contributed by atoms with Crippen LogP contribution in [-0.4, -0.2) is 31.7 Å². The molecule has 174 valence electrons. The van der Waals surface area contributed by atoms with Crippen LogP contribution in [0.1, 0.15) is 35.3 Å². The molecule has 34 heavy (non-hydrogen) atoms. The van der Waals surface area contributed by atoms with Crippen LogP contribution < -0.4 is 11.0 Å². The van der Waals surface area contributed by atoms with Gasteiger partial charge in [-0.15, -0.1) is 0 Å². The van der Waals surface area contributed by atoms with E-state index in [9.17, 15) is 27.9 Å². The molecule has 2 atom stereocenters. The topological polar surface area (TPSA) is 103 Å². The molecule has 3 heterocycles. The highest BCUT2D eigenvalue weighted by Crippen LogP contribution is 2.48. The zero-order chi connectivity index (χ0) is 24.4. The summed E-state index contributed by atoms with van der Waals surface area (Å²) in [6.45, 7) is 0.221. The molecule has 1 aromatic heterocycles. The second kappa shape index (κ2) is 7.79. The minimum absolute atomic E-state index is 0.201. The van der Waals surface area contributed by atoms with Crippen molar-refractivity contribution >= 4 is 34.3 Å². The number of urea groups is 1. The first kappa shape index (κ1) is 22.3. The highest BCUT2D eigenvalue weighted by molar-refractivity contribution is 14.1. The van der Waals surface area contributed by atoms with Crippen molar-refractivity contribution in [2.75, 3.05) is 11.9 Å². The summed E-state index contributed by atoms with van der Waals surface area (Å²) in [7, 11) is 0. The molecule has 2 amide bonds. The molecule has 1 fully saturated rings. The average molecular weight is 581 g/mol. The van der Waals surface area contributed by atoms with Crippen molar-refractivity contribution in [3.05, 3.63) is 73.3 Å². The van der Waals surface area contributed by atoms with Crippen LogP contribution in [0.3, 0.4) is 0 Å². The number of alkyl halides is 3. The molecule has 0 unspecified atom stereocenters. The van der Waals surface area contributed by atoms with E-state index in [2.05, 4.69) is 5.32 Å². The van der Waals surface area contributed by atoms with Crippen LogP contribution in [0.25, 0.3) is 5.69 Å². The van der Waals surface area contributed by atoms with Crippen molar-refractivity contribution in [3.8, 4) is 17.6 Å². The van der Waals surface area contributed by atoms with Crippen molar-refractivity contribution in [3.63, 3.8) is 0 Å². The zero-order valence-corrected chi connectivity index (χ0v) is 19.3. The van der Waals surface area contributed by atoms with Crippen LogP contribution in [0.4, 0.5) is 23.7 Å². The number of amides is 2. The fraction of sp³-hybridized carbons (Fsp3) is 0.227. The number of likely N-dealkylation sites (tertiary alicyclic amines) is 1. The quantitative estimate of drug-likeness (QED) is 0.439. The molecule has 2 aliphatic rings. The molecule has 0 radical (unpaired) electrons. The van der Waals surface area contributed by atoms with Crippen molar-refractivity contribution < 1.29 is 23.1 Å². The highest BCUT2D eigenvalue weighted by Gasteiger charge is 2.49. The Balaban J connectivity index is 1.42. The number of nitrogens with zero attached hydrogens (tertiary/aromatic N) is 4. The molecular weight excluding hydrogens is 566 g/mol. The fourth-order valence-electron chi connectivity index (χ4n) is 4.57. The summed E-state index contributed by atoms with van der Waals surface area (Å²) in [6.07, 6.45) is -4.03. The van der Waals surface area contributed by atoms with Crippen molar-refractivity contribution in [2.45, 2.75) is 24.7 Å². The number of hydrogen-bond donors (Lipinski definition) is 2. The van der Waals surface area contributed by atoms with E-state index in [1.165, 1.54) is 21.6 Å². The van der Waals surface area contributed by atoms with Gasteiger partial charge in [0.2, 0.25) is 5.88 Å². The molecule has 3 aromatic rings. The molecule has 0 spiro atoms. The Bertz CT molecular complexity index is 1420. The van der Waals surface area contributed by atoms with Gasteiger partial charge in [0.1, 0.15) is 11.8 Å². The third kappa shape index (κ3) is 3.42. The standard InChI is InChI=1S/C22H15F3IN5O3/c23-22(24,25)12-2-4-13(5-3-12)28-20(33)29-10-15-8-17(29)18-19(32)31(21(34)30(15)18)14-6-1-11(9-27)16(26)7-14/h1-7,15,17,32H,8,10H2,(H,28,33)/t15-,17-/m0/s1. The summed E-state index contributed by atoms with van der Waals surface area (Å²) >= 11 is 1.97. The fourth-order valence-corrected chi connectivity index (χ4v) is 5.19. The highest BCUT2D eigenvalue weighted by atomic mass is 127. The van der Waals surface area contributed by atoms with E-state index in [0.29, 0.717) is 26.9 Å². The lowest BCUT2D eigenvalue weighted by molar-refractivity contribution is -0.137. The minimum atomic E-state index is -4.47. The third-order valence-corrected chi connectivity index (χ3v) is 7.01. The molecule has 5 rings (SSSR count). The Morgan fingerprint density at radius 3 is 2.53 bits per heavy atom. The molecule has 2 bridgehead atoms. The molecule has 2 N–H and O–H groups in total. The van der Waals surface area contributed by atoms with E-state index in [-0.39, 0.29) is 24.2 Å². The molecule has 0 saturated carbocycles. The van der Waals surface area contributed by atoms with E-state index in [1.807, 2.05) is 28.7 Å². The van der Waals surface area contributed by atoms with Gasteiger partial charge in [-0.1, -0.05) is 0 Å². The lowest BCUT2D eigenvalue weighted by Crippen LogP contribution is -2.40. The molecule has 8 nitrogen and oxygen atoms in total. The number of rotatable bonds is 2. The Morgan fingerprint density at radius 1 is 1.21 bits per heavy atom. The first-order valence-corrected chi connectivity index (χ1v) is 11.2. The Hall–Kier alpha value is -3.47. The van der Waals surface area contributed by atoms with E-state index >= 15 is 0 Å². The lowest BCUT2D eigenvalue weighted by atomic mass is 10.2. The van der Waals surface area contributed by atoms with E-state index in [1.54, 1.807) is 18.2 Å². The Labute approximate surface area is 204 Å². The lowest BCUT2D eigenvalue weighted by Gasteiger charge is -2.27. The maximum atomic E-state index is 13.1. The number of aromatic nitrogens is 2. The summed E-state index contributed by atoms with van der Waals surface area (Å²) in [5.41, 5.74) is 0.0832. The van der Waals surface area contributed by atoms with Gasteiger partial charge in [0.15, 0.2) is 0 Å². The number of nitriles is 1. The van der Waals surface area contributed by atoms with E-state index in [0.717, 1.165) is 16.7 Å². The van der Waals surface area contributed by atoms with Gasteiger partial charge in [-0.05, 0) is 71.5 Å². The third-order valence-electron chi connectivity index (χ3n) is 6.11. The predicted octanol–water partition coefficient (Wildman–Crippen LogP) is 4.37. The predicted molar refractivity (Wildman–Crippen MR) is 123 cm³/mol. The van der Waals surface area contributed by atoms with Gasteiger partial charge in [0, 0.05) is 15.8 Å². The molecule has 12 heteroatoms. The van der Waals surface area contributed by atoms with Gasteiger partial charge < -0.3 is 15.3 Å². The van der Waals surface area contributed by atoms with Crippen LogP contribution >= 0.6 is 22.6 Å². The summed E-state index contributed by atoms with van der Waals surface area (Å²) in [5, 5.41) is 22.6. The number of aromatic hydroxyl groups is 1. The van der Waals surface area contributed by atoms with Crippen LogP contribution in [0.2, 0.25) is 0 Å². The van der Waals surface area contributed by atoms with Gasteiger partial charge in [-0.3, -0.25) is 4.57 Å². The largest absolute Gasteiger partial charge is 0.493 e. The van der Waals surface area contributed by atoms with Crippen LogP contribution in [0.15, 0.2) is 47.3 Å². The summed E-state index contributed by atoms with van der Waals surface area (Å²) in [6, 6.07) is 9.46. The molecule has 1 saturated heterocycles. The SMILES string of the molecule is N#Cc1ccc(-n2c(O)c3n(c2=O)[C@H]2C[C@@H]3N(C(=O)Nc3ccc(C(F)(F)F)cc3)C2)cc1I.